The fourth-order valence-electron chi connectivity index (χ4n) is 0.845. The van der Waals surface area contributed by atoms with Gasteiger partial charge in [-0.1, -0.05) is 5.92 Å². The molecule has 0 aromatic carbocycles. The molecule has 2 amide bonds. The van der Waals surface area contributed by atoms with E-state index in [-0.39, 0.29) is 13.1 Å². The Kier molecular flexibility index (Phi) is 7.28. The van der Waals surface area contributed by atoms with E-state index in [1.807, 2.05) is 6.26 Å². The minimum absolute atomic E-state index is 0.00258. The number of carboxylic acids is 1. The molecule has 5 nitrogen and oxygen atoms in total. The Morgan fingerprint density at radius 2 is 2.27 bits per heavy atom. The van der Waals surface area contributed by atoms with Gasteiger partial charge in [-0.25, -0.2) is 4.79 Å². The molecule has 0 bridgehead atoms. The second kappa shape index (κ2) is 8.00. The molecule has 0 aliphatic carbocycles. The van der Waals surface area contributed by atoms with Crippen LogP contribution in [-0.2, 0) is 4.79 Å². The first-order valence-electron chi connectivity index (χ1n) is 4.28. The molecular formula is C9H14N2O3S. The SMILES string of the molecule is C#CCN(CC(=O)O)C(=O)NCCSC. The number of aliphatic carboxylic acids is 1. The van der Waals surface area contributed by atoms with E-state index in [0.29, 0.717) is 6.54 Å². The average Bonchev–Trinajstić information content (AvgIpc) is 2.17. The van der Waals surface area contributed by atoms with Gasteiger partial charge < -0.3 is 15.3 Å². The van der Waals surface area contributed by atoms with Crippen molar-refractivity contribution in [1.82, 2.24) is 10.2 Å². The van der Waals surface area contributed by atoms with E-state index in [1.165, 1.54) is 0 Å². The molecule has 6 heteroatoms. The van der Waals surface area contributed by atoms with Crippen molar-refractivity contribution in [2.24, 2.45) is 0 Å². The predicted octanol–water partition coefficient (Wildman–Crippen LogP) is 0.0788. The van der Waals surface area contributed by atoms with Crippen molar-refractivity contribution in [1.29, 1.82) is 0 Å². The lowest BCUT2D eigenvalue weighted by Crippen LogP contribution is -2.43. The van der Waals surface area contributed by atoms with Crippen molar-refractivity contribution < 1.29 is 14.7 Å². The molecule has 0 saturated heterocycles. The lowest BCUT2D eigenvalue weighted by Gasteiger charge is -2.18. The molecule has 2 N–H and O–H groups in total. The van der Waals surface area contributed by atoms with Gasteiger partial charge in [0.15, 0.2) is 0 Å². The molecular weight excluding hydrogens is 216 g/mol. The van der Waals surface area contributed by atoms with Crippen molar-refractivity contribution >= 4 is 23.8 Å². The van der Waals surface area contributed by atoms with Gasteiger partial charge in [0.1, 0.15) is 6.54 Å². The van der Waals surface area contributed by atoms with Crippen LogP contribution >= 0.6 is 11.8 Å². The van der Waals surface area contributed by atoms with Crippen LogP contribution in [0.2, 0.25) is 0 Å². The van der Waals surface area contributed by atoms with Crippen molar-refractivity contribution in [3.8, 4) is 12.3 Å². The van der Waals surface area contributed by atoms with Crippen LogP contribution in [0.3, 0.4) is 0 Å². The van der Waals surface area contributed by atoms with Crippen LogP contribution in [0.4, 0.5) is 4.79 Å². The van der Waals surface area contributed by atoms with Gasteiger partial charge in [-0.2, -0.15) is 11.8 Å². The van der Waals surface area contributed by atoms with Crippen LogP contribution in [0.5, 0.6) is 0 Å². The molecule has 0 radical (unpaired) electrons. The van der Waals surface area contributed by atoms with E-state index in [0.717, 1.165) is 10.7 Å². The van der Waals surface area contributed by atoms with Gasteiger partial charge in [0.2, 0.25) is 0 Å². The molecule has 0 aromatic rings. The molecule has 0 fully saturated rings. The number of rotatable bonds is 6. The van der Waals surface area contributed by atoms with Crippen LogP contribution < -0.4 is 5.32 Å². The third kappa shape index (κ3) is 6.69. The number of hydrogen-bond donors (Lipinski definition) is 2. The van der Waals surface area contributed by atoms with Crippen molar-refractivity contribution in [3.05, 3.63) is 0 Å². The third-order valence-corrected chi connectivity index (χ3v) is 2.09. The first-order valence-corrected chi connectivity index (χ1v) is 5.68. The first kappa shape index (κ1) is 13.7. The van der Waals surface area contributed by atoms with E-state index in [1.54, 1.807) is 11.8 Å². The van der Waals surface area contributed by atoms with Gasteiger partial charge in [-0.05, 0) is 6.26 Å². The van der Waals surface area contributed by atoms with Crippen LogP contribution in [0, 0.1) is 12.3 Å². The molecule has 0 aromatic heterocycles. The number of nitrogens with one attached hydrogen (secondary N) is 1. The van der Waals surface area contributed by atoms with Crippen molar-refractivity contribution in [2.45, 2.75) is 0 Å². The highest BCUT2D eigenvalue weighted by Gasteiger charge is 2.14. The molecule has 0 rings (SSSR count). The van der Waals surface area contributed by atoms with Gasteiger partial charge in [-0.15, -0.1) is 6.42 Å². The molecule has 0 heterocycles. The zero-order chi connectivity index (χ0) is 11.7. The van der Waals surface area contributed by atoms with E-state index >= 15 is 0 Å². The Hall–Kier alpha value is -1.35. The Morgan fingerprint density at radius 3 is 2.73 bits per heavy atom. The Morgan fingerprint density at radius 1 is 1.60 bits per heavy atom. The number of urea groups is 1. The molecule has 0 aliphatic heterocycles. The maximum absolute atomic E-state index is 11.4. The Bertz CT molecular complexity index is 263. The number of carbonyl (C=O) groups is 2. The highest BCUT2D eigenvalue weighted by atomic mass is 32.2. The number of carboxylic acid groups (broad SMARTS) is 1. The average molecular weight is 230 g/mol. The highest BCUT2D eigenvalue weighted by Crippen LogP contribution is 1.91. The second-order valence-electron chi connectivity index (χ2n) is 2.68. The number of nitrogens with zero attached hydrogens (tertiary/aromatic N) is 1. The summed E-state index contributed by atoms with van der Waals surface area (Å²) in [5.41, 5.74) is 0. The van der Waals surface area contributed by atoms with E-state index < -0.39 is 12.0 Å². The van der Waals surface area contributed by atoms with Crippen molar-refractivity contribution in [3.63, 3.8) is 0 Å². The lowest BCUT2D eigenvalue weighted by atomic mass is 10.5. The minimum atomic E-state index is -1.08. The monoisotopic (exact) mass is 230 g/mol. The van der Waals surface area contributed by atoms with Crippen LogP contribution in [0.1, 0.15) is 0 Å². The van der Waals surface area contributed by atoms with Gasteiger partial charge in [0.25, 0.3) is 0 Å². The topological polar surface area (TPSA) is 69.6 Å². The standard InChI is InChI=1S/C9H14N2O3S/c1-3-5-11(7-8(12)13)9(14)10-4-6-15-2/h1H,4-7H2,2H3,(H,10,14)(H,12,13). The van der Waals surface area contributed by atoms with Gasteiger partial charge in [0.05, 0.1) is 6.54 Å². The van der Waals surface area contributed by atoms with Crippen LogP contribution in [-0.4, -0.2) is 53.6 Å². The summed E-state index contributed by atoms with van der Waals surface area (Å²) in [7, 11) is 0. The summed E-state index contributed by atoms with van der Waals surface area (Å²) in [6.45, 7) is 0.118. The summed E-state index contributed by atoms with van der Waals surface area (Å²) in [5, 5.41) is 11.1. The summed E-state index contributed by atoms with van der Waals surface area (Å²) in [6, 6.07) is -0.440. The third-order valence-electron chi connectivity index (χ3n) is 1.48. The van der Waals surface area contributed by atoms with Gasteiger partial charge in [0, 0.05) is 12.3 Å². The summed E-state index contributed by atoms with van der Waals surface area (Å²) in [4.78, 5) is 22.9. The predicted molar refractivity (Wildman–Crippen MR) is 59.8 cm³/mol. The van der Waals surface area contributed by atoms with Gasteiger partial charge in [-0.3, -0.25) is 4.79 Å². The van der Waals surface area contributed by atoms with Crippen LogP contribution in [0.15, 0.2) is 0 Å². The molecule has 0 unspecified atom stereocenters. The first-order chi connectivity index (χ1) is 7.11. The molecule has 84 valence electrons. The van der Waals surface area contributed by atoms with Crippen LogP contribution in [0.25, 0.3) is 0 Å². The summed E-state index contributed by atoms with van der Waals surface area (Å²) in [6.07, 6.45) is 6.95. The molecule has 0 atom stereocenters. The largest absolute Gasteiger partial charge is 0.480 e. The number of terminal acetylenes is 1. The quantitative estimate of drug-likeness (QED) is 0.501. The Labute approximate surface area is 93.2 Å². The van der Waals surface area contributed by atoms with Gasteiger partial charge >= 0.3 is 12.0 Å². The molecule has 0 aliphatic rings. The minimum Gasteiger partial charge on any atom is -0.480 e. The molecule has 0 spiro atoms. The van der Waals surface area contributed by atoms with E-state index in [2.05, 4.69) is 11.2 Å². The fourth-order valence-corrected chi connectivity index (χ4v) is 1.15. The lowest BCUT2D eigenvalue weighted by molar-refractivity contribution is -0.137. The van der Waals surface area contributed by atoms with Crippen molar-refractivity contribution in [2.75, 3.05) is 31.6 Å². The maximum Gasteiger partial charge on any atom is 0.323 e. The normalized spacial score (nSPS) is 9.07. The number of hydrogen-bond acceptors (Lipinski definition) is 3. The molecule has 15 heavy (non-hydrogen) atoms. The zero-order valence-electron chi connectivity index (χ0n) is 8.52. The van der Waals surface area contributed by atoms with E-state index in [4.69, 9.17) is 11.5 Å². The highest BCUT2D eigenvalue weighted by molar-refractivity contribution is 7.98. The smallest absolute Gasteiger partial charge is 0.323 e. The number of thioether (sulfide) groups is 1. The van der Waals surface area contributed by atoms with E-state index in [9.17, 15) is 9.59 Å². The molecule has 0 saturated carbocycles. The second-order valence-corrected chi connectivity index (χ2v) is 3.66. The Balaban J connectivity index is 4.05. The summed E-state index contributed by atoms with van der Waals surface area (Å²) >= 11 is 1.59. The summed E-state index contributed by atoms with van der Waals surface area (Å²) in [5.74, 6) is 1.94. The maximum atomic E-state index is 11.4. The zero-order valence-corrected chi connectivity index (χ0v) is 9.34. The number of carbonyl (C=O) groups excluding carboxylic acids is 1. The fraction of sp³-hybridized carbons (Fsp3) is 0.556. The summed E-state index contributed by atoms with van der Waals surface area (Å²) < 4.78 is 0. The number of amides is 2.